The molecule has 0 aromatic heterocycles. The van der Waals surface area contributed by atoms with Gasteiger partial charge in [0, 0.05) is 5.56 Å². The SMILES string of the molecule is Cc1ccc(C(=O)COC(=O)COc2ccc3c(c2)CCC3)c(C)c1. The molecule has 0 saturated carbocycles. The molecule has 130 valence electrons. The number of hydrogen-bond acceptors (Lipinski definition) is 4. The van der Waals surface area contributed by atoms with Gasteiger partial charge in [0.25, 0.3) is 0 Å². The van der Waals surface area contributed by atoms with Crippen molar-refractivity contribution in [2.75, 3.05) is 13.2 Å². The third-order valence-electron chi connectivity index (χ3n) is 4.47. The van der Waals surface area contributed by atoms with E-state index in [9.17, 15) is 9.59 Å². The molecule has 4 heteroatoms. The second-order valence-electron chi connectivity index (χ2n) is 6.47. The van der Waals surface area contributed by atoms with Crippen molar-refractivity contribution in [3.63, 3.8) is 0 Å². The molecule has 0 saturated heterocycles. The zero-order valence-corrected chi connectivity index (χ0v) is 14.6. The van der Waals surface area contributed by atoms with E-state index in [0.29, 0.717) is 11.3 Å². The van der Waals surface area contributed by atoms with Gasteiger partial charge in [-0.25, -0.2) is 4.79 Å². The summed E-state index contributed by atoms with van der Waals surface area (Å²) in [6.07, 6.45) is 3.33. The molecule has 0 N–H and O–H groups in total. The Morgan fingerprint density at radius 1 is 0.960 bits per heavy atom. The summed E-state index contributed by atoms with van der Waals surface area (Å²) in [6, 6.07) is 11.5. The van der Waals surface area contributed by atoms with E-state index < -0.39 is 5.97 Å². The van der Waals surface area contributed by atoms with Crippen molar-refractivity contribution in [1.82, 2.24) is 0 Å². The van der Waals surface area contributed by atoms with E-state index in [1.165, 1.54) is 17.5 Å². The molecule has 0 aliphatic heterocycles. The van der Waals surface area contributed by atoms with Crippen LogP contribution in [-0.4, -0.2) is 25.0 Å². The molecule has 1 aliphatic carbocycles. The van der Waals surface area contributed by atoms with Crippen LogP contribution in [0.25, 0.3) is 0 Å². The third-order valence-corrected chi connectivity index (χ3v) is 4.47. The van der Waals surface area contributed by atoms with Crippen molar-refractivity contribution in [2.45, 2.75) is 33.1 Å². The Morgan fingerprint density at radius 2 is 1.76 bits per heavy atom. The number of Topliss-reactive ketones (excluding diaryl/α,β-unsaturated/α-hetero) is 1. The number of ketones is 1. The lowest BCUT2D eigenvalue weighted by molar-refractivity contribution is -0.144. The summed E-state index contributed by atoms with van der Waals surface area (Å²) >= 11 is 0. The maximum atomic E-state index is 12.2. The second kappa shape index (κ2) is 7.51. The summed E-state index contributed by atoms with van der Waals surface area (Å²) in [4.78, 5) is 24.0. The molecule has 25 heavy (non-hydrogen) atoms. The van der Waals surface area contributed by atoms with E-state index >= 15 is 0 Å². The fourth-order valence-electron chi connectivity index (χ4n) is 3.17. The predicted molar refractivity (Wildman–Crippen MR) is 95.2 cm³/mol. The summed E-state index contributed by atoms with van der Waals surface area (Å²) < 4.78 is 10.5. The van der Waals surface area contributed by atoms with Gasteiger partial charge < -0.3 is 9.47 Å². The van der Waals surface area contributed by atoms with E-state index in [4.69, 9.17) is 9.47 Å². The normalized spacial score (nSPS) is 12.6. The van der Waals surface area contributed by atoms with E-state index in [-0.39, 0.29) is 19.0 Å². The first-order chi connectivity index (χ1) is 12.0. The summed E-state index contributed by atoms with van der Waals surface area (Å²) in [5.41, 5.74) is 5.20. The lowest BCUT2D eigenvalue weighted by atomic mass is 10.0. The van der Waals surface area contributed by atoms with Crippen LogP contribution in [0.15, 0.2) is 36.4 Å². The van der Waals surface area contributed by atoms with Gasteiger partial charge in [-0.3, -0.25) is 4.79 Å². The highest BCUT2D eigenvalue weighted by Crippen LogP contribution is 2.25. The Kier molecular flexibility index (Phi) is 5.17. The zero-order chi connectivity index (χ0) is 17.8. The molecule has 0 unspecified atom stereocenters. The average molecular weight is 338 g/mol. The van der Waals surface area contributed by atoms with Gasteiger partial charge in [-0.2, -0.15) is 0 Å². The molecule has 0 atom stereocenters. The van der Waals surface area contributed by atoms with Crippen LogP contribution in [-0.2, 0) is 22.4 Å². The Labute approximate surface area is 147 Å². The molecule has 3 rings (SSSR count). The highest BCUT2D eigenvalue weighted by Gasteiger charge is 2.14. The zero-order valence-electron chi connectivity index (χ0n) is 14.6. The summed E-state index contributed by atoms with van der Waals surface area (Å²) in [7, 11) is 0. The quantitative estimate of drug-likeness (QED) is 0.596. The number of ether oxygens (including phenoxy) is 2. The summed E-state index contributed by atoms with van der Waals surface area (Å²) in [6.45, 7) is 3.38. The molecular weight excluding hydrogens is 316 g/mol. The lowest BCUT2D eigenvalue weighted by Crippen LogP contribution is -2.20. The van der Waals surface area contributed by atoms with Gasteiger partial charge >= 0.3 is 5.97 Å². The molecule has 0 radical (unpaired) electrons. The topological polar surface area (TPSA) is 52.6 Å². The smallest absolute Gasteiger partial charge is 0.344 e. The molecule has 2 aromatic rings. The maximum Gasteiger partial charge on any atom is 0.344 e. The van der Waals surface area contributed by atoms with Crippen LogP contribution in [0.1, 0.15) is 39.0 Å². The standard InChI is InChI=1S/C21H22O4/c1-14-6-9-19(15(2)10-14)20(22)12-25-21(23)13-24-18-8-7-16-4-3-5-17(16)11-18/h6-11H,3-5,12-13H2,1-2H3. The fraction of sp³-hybridized carbons (Fsp3) is 0.333. The highest BCUT2D eigenvalue weighted by atomic mass is 16.6. The van der Waals surface area contributed by atoms with Crippen molar-refractivity contribution >= 4 is 11.8 Å². The minimum absolute atomic E-state index is 0.195. The Bertz CT molecular complexity index is 808. The van der Waals surface area contributed by atoms with Crippen molar-refractivity contribution in [3.05, 3.63) is 64.2 Å². The van der Waals surface area contributed by atoms with Crippen LogP contribution >= 0.6 is 0 Å². The van der Waals surface area contributed by atoms with Crippen molar-refractivity contribution in [1.29, 1.82) is 0 Å². The van der Waals surface area contributed by atoms with Gasteiger partial charge in [-0.15, -0.1) is 0 Å². The van der Waals surface area contributed by atoms with Crippen LogP contribution in [0.3, 0.4) is 0 Å². The first-order valence-corrected chi connectivity index (χ1v) is 8.53. The molecule has 0 fully saturated rings. The molecule has 1 aliphatic rings. The number of carbonyl (C=O) groups excluding carboxylic acids is 2. The third kappa shape index (κ3) is 4.27. The highest BCUT2D eigenvalue weighted by molar-refractivity contribution is 5.99. The lowest BCUT2D eigenvalue weighted by Gasteiger charge is -2.09. The molecule has 0 spiro atoms. The largest absolute Gasteiger partial charge is 0.482 e. The van der Waals surface area contributed by atoms with Crippen LogP contribution in [0.5, 0.6) is 5.75 Å². The Balaban J connectivity index is 1.48. The van der Waals surface area contributed by atoms with E-state index in [0.717, 1.165) is 24.0 Å². The van der Waals surface area contributed by atoms with Crippen molar-refractivity contribution in [3.8, 4) is 5.75 Å². The van der Waals surface area contributed by atoms with Crippen LogP contribution in [0, 0.1) is 13.8 Å². The van der Waals surface area contributed by atoms with Gasteiger partial charge in [0.15, 0.2) is 13.2 Å². The number of rotatable bonds is 6. The predicted octanol–water partition coefficient (Wildman–Crippen LogP) is 3.60. The van der Waals surface area contributed by atoms with Crippen LogP contribution in [0.2, 0.25) is 0 Å². The van der Waals surface area contributed by atoms with E-state index in [1.807, 2.05) is 44.2 Å². The number of aryl methyl sites for hydroxylation is 4. The minimum atomic E-state index is -0.543. The van der Waals surface area contributed by atoms with Crippen molar-refractivity contribution in [2.24, 2.45) is 0 Å². The van der Waals surface area contributed by atoms with Crippen LogP contribution in [0.4, 0.5) is 0 Å². The summed E-state index contributed by atoms with van der Waals surface area (Å²) in [5, 5.41) is 0. The number of esters is 1. The number of fused-ring (bicyclic) bond motifs is 1. The van der Waals surface area contributed by atoms with Gasteiger partial charge in [-0.05, 0) is 61.9 Å². The fourth-order valence-corrected chi connectivity index (χ4v) is 3.17. The molecule has 0 heterocycles. The number of hydrogen-bond donors (Lipinski definition) is 0. The number of carbonyl (C=O) groups is 2. The molecule has 2 aromatic carbocycles. The Hall–Kier alpha value is -2.62. The van der Waals surface area contributed by atoms with Gasteiger partial charge in [0.1, 0.15) is 5.75 Å². The molecule has 4 nitrogen and oxygen atoms in total. The maximum absolute atomic E-state index is 12.2. The van der Waals surface area contributed by atoms with Gasteiger partial charge in [0.05, 0.1) is 0 Å². The first kappa shape index (κ1) is 17.2. The van der Waals surface area contributed by atoms with Crippen LogP contribution < -0.4 is 4.74 Å². The minimum Gasteiger partial charge on any atom is -0.482 e. The number of benzene rings is 2. The average Bonchev–Trinajstić information content (AvgIpc) is 3.05. The second-order valence-corrected chi connectivity index (χ2v) is 6.47. The summed E-state index contributed by atoms with van der Waals surface area (Å²) in [5.74, 6) is -0.0831. The molecule has 0 amide bonds. The van der Waals surface area contributed by atoms with Gasteiger partial charge in [0.2, 0.25) is 5.78 Å². The van der Waals surface area contributed by atoms with Gasteiger partial charge in [-0.1, -0.05) is 29.8 Å². The van der Waals surface area contributed by atoms with E-state index in [1.54, 1.807) is 6.07 Å². The molecule has 0 bridgehead atoms. The van der Waals surface area contributed by atoms with Crippen molar-refractivity contribution < 1.29 is 19.1 Å². The van der Waals surface area contributed by atoms with E-state index in [2.05, 4.69) is 0 Å². The first-order valence-electron chi connectivity index (χ1n) is 8.53. The molecular formula is C21H22O4. The Morgan fingerprint density at radius 3 is 2.56 bits per heavy atom. The monoisotopic (exact) mass is 338 g/mol.